The summed E-state index contributed by atoms with van der Waals surface area (Å²) in [6.45, 7) is 1.95. The molecule has 1 fully saturated rings. The van der Waals surface area contributed by atoms with E-state index in [-0.39, 0.29) is 18.2 Å². The number of benzene rings is 1. The van der Waals surface area contributed by atoms with E-state index in [2.05, 4.69) is 15.1 Å². The van der Waals surface area contributed by atoms with Crippen molar-refractivity contribution in [1.29, 1.82) is 0 Å². The minimum absolute atomic E-state index is 0.144. The summed E-state index contributed by atoms with van der Waals surface area (Å²) in [5.41, 5.74) is 7.84. The van der Waals surface area contributed by atoms with Crippen LogP contribution in [0.4, 0.5) is 10.2 Å². The Morgan fingerprint density at radius 1 is 1.27 bits per heavy atom. The van der Waals surface area contributed by atoms with Crippen LogP contribution in [0.5, 0.6) is 5.75 Å². The number of aryl methyl sites for hydroxylation is 1. The average molecular weight is 354 g/mol. The van der Waals surface area contributed by atoms with Crippen molar-refractivity contribution in [3.8, 4) is 17.0 Å². The summed E-state index contributed by atoms with van der Waals surface area (Å²) in [5, 5.41) is 3.90. The number of aromatic nitrogens is 3. The Kier molecular flexibility index (Phi) is 4.28. The van der Waals surface area contributed by atoms with Gasteiger partial charge in [-0.2, -0.15) is 0 Å². The molecule has 2 aromatic heterocycles. The largest absolute Gasteiger partial charge is 0.484 e. The van der Waals surface area contributed by atoms with Crippen molar-refractivity contribution >= 4 is 5.82 Å². The van der Waals surface area contributed by atoms with Crippen molar-refractivity contribution in [2.45, 2.75) is 38.7 Å². The van der Waals surface area contributed by atoms with Gasteiger partial charge in [0.25, 0.3) is 0 Å². The van der Waals surface area contributed by atoms with Crippen molar-refractivity contribution in [2.75, 3.05) is 5.73 Å². The van der Waals surface area contributed by atoms with E-state index in [4.69, 9.17) is 15.0 Å². The maximum Gasteiger partial charge on any atom is 0.174 e. The lowest BCUT2D eigenvalue weighted by Gasteiger charge is -2.28. The Morgan fingerprint density at radius 2 is 2.12 bits per heavy atom. The highest BCUT2D eigenvalue weighted by Gasteiger charge is 2.27. The highest BCUT2D eigenvalue weighted by Crippen LogP contribution is 2.43. The fourth-order valence-electron chi connectivity index (χ4n) is 3.07. The maximum atomic E-state index is 15.3. The lowest BCUT2D eigenvalue weighted by Crippen LogP contribution is -2.12. The van der Waals surface area contributed by atoms with Gasteiger partial charge in [0.2, 0.25) is 0 Å². The molecule has 3 aromatic rings. The van der Waals surface area contributed by atoms with Gasteiger partial charge in [-0.3, -0.25) is 4.98 Å². The van der Waals surface area contributed by atoms with E-state index in [0.717, 1.165) is 24.8 Å². The quantitative estimate of drug-likeness (QED) is 0.745. The molecule has 1 saturated carbocycles. The van der Waals surface area contributed by atoms with Crippen LogP contribution in [0, 0.1) is 12.7 Å². The van der Waals surface area contributed by atoms with Crippen molar-refractivity contribution in [1.82, 2.24) is 15.1 Å². The maximum absolute atomic E-state index is 15.3. The first-order chi connectivity index (χ1) is 12.6. The monoisotopic (exact) mass is 354 g/mol. The second-order valence-electron chi connectivity index (χ2n) is 6.52. The van der Waals surface area contributed by atoms with Crippen LogP contribution in [-0.4, -0.2) is 15.1 Å². The molecule has 0 atom stereocenters. The van der Waals surface area contributed by atoms with E-state index < -0.39 is 5.82 Å². The average Bonchev–Trinajstić information content (AvgIpc) is 2.99. The third kappa shape index (κ3) is 3.12. The number of ether oxygens (including phenoxy) is 1. The molecule has 0 aliphatic heterocycles. The number of halogens is 1. The molecule has 6 nitrogen and oxygen atoms in total. The second-order valence-corrected chi connectivity index (χ2v) is 6.52. The van der Waals surface area contributed by atoms with E-state index >= 15 is 4.39 Å². The molecule has 1 aromatic carbocycles. The molecular formula is C19H19FN4O2. The van der Waals surface area contributed by atoms with E-state index in [1.165, 1.54) is 12.4 Å². The minimum atomic E-state index is -0.436. The Labute approximate surface area is 150 Å². The number of nitrogens with zero attached hydrogens (tertiary/aromatic N) is 3. The molecule has 2 N–H and O–H groups in total. The van der Waals surface area contributed by atoms with Crippen molar-refractivity contribution in [3.05, 3.63) is 53.4 Å². The molecule has 0 saturated heterocycles. The standard InChI is InChI=1S/C19H19FN4O2/c1-11-7-13(24-26-11)10-25-19-14(12-3-2-4-12)5-6-15(18(19)20)16-8-23-17(21)9-22-16/h5-9,12H,2-4,10H2,1H3,(H2,21,23). The van der Waals surface area contributed by atoms with Crippen LogP contribution in [0.2, 0.25) is 0 Å². The molecular weight excluding hydrogens is 335 g/mol. The van der Waals surface area contributed by atoms with Crippen LogP contribution in [0.25, 0.3) is 11.3 Å². The fourth-order valence-corrected chi connectivity index (χ4v) is 3.07. The number of hydrogen-bond donors (Lipinski definition) is 1. The Hall–Kier alpha value is -2.96. The minimum Gasteiger partial charge on any atom is -0.484 e. The Morgan fingerprint density at radius 3 is 2.73 bits per heavy atom. The van der Waals surface area contributed by atoms with Gasteiger partial charge in [-0.15, -0.1) is 0 Å². The summed E-state index contributed by atoms with van der Waals surface area (Å²) in [6.07, 6.45) is 6.11. The van der Waals surface area contributed by atoms with Crippen LogP contribution in [0.3, 0.4) is 0 Å². The summed E-state index contributed by atoms with van der Waals surface area (Å²) in [6, 6.07) is 5.43. The predicted octanol–water partition coefficient (Wildman–Crippen LogP) is 4.01. The van der Waals surface area contributed by atoms with Gasteiger partial charge in [-0.25, -0.2) is 9.37 Å². The summed E-state index contributed by atoms with van der Waals surface area (Å²) in [5.74, 6) is 1.12. The molecule has 1 aliphatic rings. The zero-order valence-corrected chi connectivity index (χ0v) is 14.4. The van der Waals surface area contributed by atoms with Gasteiger partial charge in [-0.05, 0) is 31.7 Å². The second kappa shape index (κ2) is 6.74. The SMILES string of the molecule is Cc1cc(COc2c(C3CCC3)ccc(-c3cnc(N)cn3)c2F)no1. The van der Waals surface area contributed by atoms with E-state index in [1.807, 2.05) is 6.07 Å². The van der Waals surface area contributed by atoms with Gasteiger partial charge < -0.3 is 15.0 Å². The molecule has 7 heteroatoms. The van der Waals surface area contributed by atoms with E-state index in [9.17, 15) is 0 Å². The first-order valence-corrected chi connectivity index (χ1v) is 8.57. The third-order valence-corrected chi connectivity index (χ3v) is 4.66. The number of anilines is 1. The number of nitrogen functional groups attached to an aromatic ring is 1. The van der Waals surface area contributed by atoms with Crippen LogP contribution < -0.4 is 10.5 Å². The molecule has 0 bridgehead atoms. The van der Waals surface area contributed by atoms with Gasteiger partial charge in [0.1, 0.15) is 23.9 Å². The lowest BCUT2D eigenvalue weighted by molar-refractivity contribution is 0.266. The fraction of sp³-hybridized carbons (Fsp3) is 0.316. The number of hydrogen-bond acceptors (Lipinski definition) is 6. The predicted molar refractivity (Wildman–Crippen MR) is 94.0 cm³/mol. The van der Waals surface area contributed by atoms with Crippen LogP contribution in [0.1, 0.15) is 42.2 Å². The Bertz CT molecular complexity index is 920. The van der Waals surface area contributed by atoms with Crippen LogP contribution in [0.15, 0.2) is 35.1 Å². The molecule has 1 aliphatic carbocycles. The highest BCUT2D eigenvalue weighted by molar-refractivity contribution is 5.64. The Balaban J connectivity index is 1.70. The molecule has 134 valence electrons. The van der Waals surface area contributed by atoms with Gasteiger partial charge in [0.05, 0.1) is 18.1 Å². The van der Waals surface area contributed by atoms with Crippen molar-refractivity contribution < 1.29 is 13.7 Å². The molecule has 0 radical (unpaired) electrons. The van der Waals surface area contributed by atoms with Gasteiger partial charge in [0.15, 0.2) is 11.6 Å². The molecule has 0 spiro atoms. The zero-order chi connectivity index (χ0) is 18.1. The van der Waals surface area contributed by atoms with Gasteiger partial charge >= 0.3 is 0 Å². The summed E-state index contributed by atoms with van der Waals surface area (Å²) >= 11 is 0. The van der Waals surface area contributed by atoms with Crippen LogP contribution >= 0.6 is 0 Å². The number of nitrogens with two attached hydrogens (primary N) is 1. The van der Waals surface area contributed by atoms with Gasteiger partial charge in [-0.1, -0.05) is 17.6 Å². The summed E-state index contributed by atoms with van der Waals surface area (Å²) in [7, 11) is 0. The highest BCUT2D eigenvalue weighted by atomic mass is 19.1. The normalized spacial score (nSPS) is 14.2. The van der Waals surface area contributed by atoms with Gasteiger partial charge in [0, 0.05) is 17.2 Å². The van der Waals surface area contributed by atoms with Crippen molar-refractivity contribution in [3.63, 3.8) is 0 Å². The topological polar surface area (TPSA) is 87.1 Å². The lowest BCUT2D eigenvalue weighted by atomic mass is 9.79. The zero-order valence-electron chi connectivity index (χ0n) is 14.4. The third-order valence-electron chi connectivity index (χ3n) is 4.66. The van der Waals surface area contributed by atoms with Crippen molar-refractivity contribution in [2.24, 2.45) is 0 Å². The summed E-state index contributed by atoms with van der Waals surface area (Å²) < 4.78 is 26.2. The first-order valence-electron chi connectivity index (χ1n) is 8.57. The van der Waals surface area contributed by atoms with Crippen LogP contribution in [-0.2, 0) is 6.61 Å². The van der Waals surface area contributed by atoms with E-state index in [1.54, 1.807) is 19.1 Å². The molecule has 26 heavy (non-hydrogen) atoms. The smallest absolute Gasteiger partial charge is 0.174 e. The van der Waals surface area contributed by atoms with E-state index in [0.29, 0.717) is 28.6 Å². The summed E-state index contributed by atoms with van der Waals surface area (Å²) in [4.78, 5) is 8.16. The first kappa shape index (κ1) is 16.5. The molecule has 0 unspecified atom stereocenters. The number of rotatable bonds is 5. The molecule has 0 amide bonds. The molecule has 2 heterocycles. The molecule has 4 rings (SSSR count).